The summed E-state index contributed by atoms with van der Waals surface area (Å²) in [6, 6.07) is 11.5. The minimum absolute atomic E-state index is 0.157. The van der Waals surface area contributed by atoms with Crippen molar-refractivity contribution in [3.8, 4) is 0 Å². The number of anilines is 2. The SMILES string of the molecule is Cc1noc(C)c1CSc1ccccc1C(=O)Nc1ccc(N2CCCCC2)cn1. The molecule has 1 N–H and O–H groups in total. The Labute approximate surface area is 181 Å². The molecule has 2 aromatic heterocycles. The molecular weight excluding hydrogens is 396 g/mol. The molecule has 0 atom stereocenters. The Hall–Kier alpha value is -2.80. The van der Waals surface area contributed by atoms with Crippen molar-refractivity contribution < 1.29 is 9.32 Å². The fraction of sp³-hybridized carbons (Fsp3) is 0.348. The third-order valence-electron chi connectivity index (χ3n) is 5.40. The highest BCUT2D eigenvalue weighted by Crippen LogP contribution is 2.29. The average Bonchev–Trinajstić information content (AvgIpc) is 3.11. The highest BCUT2D eigenvalue weighted by atomic mass is 32.2. The molecule has 3 heterocycles. The predicted octanol–water partition coefficient (Wildman–Crippen LogP) is 5.22. The van der Waals surface area contributed by atoms with Gasteiger partial charge in [-0.2, -0.15) is 0 Å². The molecule has 156 valence electrons. The largest absolute Gasteiger partial charge is 0.370 e. The van der Waals surface area contributed by atoms with Gasteiger partial charge in [0, 0.05) is 29.3 Å². The molecule has 1 aromatic carbocycles. The zero-order valence-corrected chi connectivity index (χ0v) is 18.2. The van der Waals surface area contributed by atoms with E-state index in [0.717, 1.165) is 40.7 Å². The van der Waals surface area contributed by atoms with E-state index in [1.54, 1.807) is 11.8 Å². The second-order valence-corrected chi connectivity index (χ2v) is 8.51. The van der Waals surface area contributed by atoms with Gasteiger partial charge in [0.15, 0.2) is 0 Å². The number of benzene rings is 1. The minimum atomic E-state index is -0.157. The standard InChI is InChI=1S/C23H26N4O2S/c1-16-20(17(2)29-26-16)15-30-21-9-5-4-8-19(21)23(28)25-22-11-10-18(14-24-22)27-12-6-3-7-13-27/h4-5,8-11,14H,3,6-7,12-13,15H2,1-2H3,(H,24,25,28). The molecule has 3 aromatic rings. The molecule has 30 heavy (non-hydrogen) atoms. The van der Waals surface area contributed by atoms with Gasteiger partial charge in [-0.05, 0) is 57.4 Å². The smallest absolute Gasteiger partial charge is 0.257 e. The summed E-state index contributed by atoms with van der Waals surface area (Å²) >= 11 is 1.61. The van der Waals surface area contributed by atoms with Crippen LogP contribution in [0.1, 0.15) is 46.6 Å². The molecule has 0 unspecified atom stereocenters. The van der Waals surface area contributed by atoms with Crippen LogP contribution in [-0.2, 0) is 5.75 Å². The number of pyridine rings is 1. The molecule has 6 nitrogen and oxygen atoms in total. The molecule has 0 aliphatic carbocycles. The van der Waals surface area contributed by atoms with Gasteiger partial charge in [0.2, 0.25) is 0 Å². The number of carbonyl (C=O) groups is 1. The molecular formula is C23H26N4O2S. The van der Waals surface area contributed by atoms with E-state index in [0.29, 0.717) is 17.1 Å². The quantitative estimate of drug-likeness (QED) is 0.549. The maximum absolute atomic E-state index is 12.9. The lowest BCUT2D eigenvalue weighted by Gasteiger charge is -2.28. The van der Waals surface area contributed by atoms with Gasteiger partial charge in [-0.1, -0.05) is 17.3 Å². The van der Waals surface area contributed by atoms with Gasteiger partial charge >= 0.3 is 0 Å². The number of thioether (sulfide) groups is 1. The summed E-state index contributed by atoms with van der Waals surface area (Å²) in [7, 11) is 0. The number of carbonyl (C=O) groups excluding carboxylic acids is 1. The lowest BCUT2D eigenvalue weighted by molar-refractivity contribution is 0.102. The summed E-state index contributed by atoms with van der Waals surface area (Å²) in [5.74, 6) is 1.93. The van der Waals surface area contributed by atoms with Crippen LogP contribution < -0.4 is 10.2 Å². The molecule has 0 spiro atoms. The number of aryl methyl sites for hydroxylation is 2. The Morgan fingerprint density at radius 3 is 2.63 bits per heavy atom. The van der Waals surface area contributed by atoms with Crippen LogP contribution in [0.4, 0.5) is 11.5 Å². The Bertz CT molecular complexity index is 991. The van der Waals surface area contributed by atoms with E-state index in [2.05, 4.69) is 20.4 Å². The number of hydrogen-bond acceptors (Lipinski definition) is 6. The van der Waals surface area contributed by atoms with Crippen molar-refractivity contribution >= 4 is 29.2 Å². The zero-order chi connectivity index (χ0) is 20.9. The normalized spacial score (nSPS) is 14.0. The topological polar surface area (TPSA) is 71.3 Å². The predicted molar refractivity (Wildman–Crippen MR) is 120 cm³/mol. The van der Waals surface area contributed by atoms with Crippen molar-refractivity contribution in [1.82, 2.24) is 10.1 Å². The lowest BCUT2D eigenvalue weighted by Crippen LogP contribution is -2.29. The monoisotopic (exact) mass is 422 g/mol. The third-order valence-corrected chi connectivity index (χ3v) is 6.50. The lowest BCUT2D eigenvalue weighted by atomic mass is 10.1. The van der Waals surface area contributed by atoms with Crippen LogP contribution in [0.15, 0.2) is 52.0 Å². The van der Waals surface area contributed by atoms with Gasteiger partial charge in [-0.25, -0.2) is 4.98 Å². The van der Waals surface area contributed by atoms with Crippen LogP contribution in [0.2, 0.25) is 0 Å². The molecule has 1 amide bonds. The molecule has 0 radical (unpaired) electrons. The van der Waals surface area contributed by atoms with E-state index >= 15 is 0 Å². The molecule has 0 bridgehead atoms. The van der Waals surface area contributed by atoms with E-state index < -0.39 is 0 Å². The summed E-state index contributed by atoms with van der Waals surface area (Å²) in [5.41, 5.74) is 3.71. The van der Waals surface area contributed by atoms with Gasteiger partial charge in [0.05, 0.1) is 23.1 Å². The summed E-state index contributed by atoms with van der Waals surface area (Å²) in [6.45, 7) is 5.99. The van der Waals surface area contributed by atoms with Crippen LogP contribution in [-0.4, -0.2) is 29.1 Å². The summed E-state index contributed by atoms with van der Waals surface area (Å²) < 4.78 is 5.24. The maximum Gasteiger partial charge on any atom is 0.257 e. The first-order chi connectivity index (χ1) is 14.6. The van der Waals surface area contributed by atoms with Crippen LogP contribution in [0.5, 0.6) is 0 Å². The Kier molecular flexibility index (Phi) is 6.38. The fourth-order valence-electron chi connectivity index (χ4n) is 3.62. The Morgan fingerprint density at radius 1 is 1.13 bits per heavy atom. The number of amides is 1. The maximum atomic E-state index is 12.9. The number of piperidine rings is 1. The number of nitrogens with zero attached hydrogens (tertiary/aromatic N) is 3. The number of rotatable bonds is 6. The van der Waals surface area contributed by atoms with Crippen LogP contribution >= 0.6 is 11.8 Å². The van der Waals surface area contributed by atoms with Crippen molar-refractivity contribution in [1.29, 1.82) is 0 Å². The van der Waals surface area contributed by atoms with Crippen LogP contribution in [0, 0.1) is 13.8 Å². The van der Waals surface area contributed by atoms with E-state index in [9.17, 15) is 4.79 Å². The fourth-order valence-corrected chi connectivity index (χ4v) is 4.82. The van der Waals surface area contributed by atoms with Crippen molar-refractivity contribution in [2.45, 2.75) is 43.8 Å². The van der Waals surface area contributed by atoms with Gasteiger partial charge in [-0.3, -0.25) is 4.79 Å². The van der Waals surface area contributed by atoms with E-state index in [-0.39, 0.29) is 5.91 Å². The van der Waals surface area contributed by atoms with Crippen molar-refractivity contribution in [2.24, 2.45) is 0 Å². The first-order valence-electron chi connectivity index (χ1n) is 10.3. The molecule has 1 saturated heterocycles. The molecule has 0 saturated carbocycles. The highest BCUT2D eigenvalue weighted by molar-refractivity contribution is 7.98. The van der Waals surface area contributed by atoms with Crippen LogP contribution in [0.25, 0.3) is 0 Å². The van der Waals surface area contributed by atoms with E-state index in [1.807, 2.05) is 56.4 Å². The van der Waals surface area contributed by atoms with E-state index in [4.69, 9.17) is 4.52 Å². The minimum Gasteiger partial charge on any atom is -0.370 e. The van der Waals surface area contributed by atoms with Gasteiger partial charge in [0.25, 0.3) is 5.91 Å². The van der Waals surface area contributed by atoms with Crippen molar-refractivity contribution in [3.63, 3.8) is 0 Å². The van der Waals surface area contributed by atoms with Gasteiger partial charge in [0.1, 0.15) is 11.6 Å². The summed E-state index contributed by atoms with van der Waals surface area (Å²) in [4.78, 5) is 20.6. The molecule has 1 fully saturated rings. The second-order valence-electron chi connectivity index (χ2n) is 7.49. The first-order valence-corrected chi connectivity index (χ1v) is 11.3. The molecule has 1 aliphatic heterocycles. The molecule has 7 heteroatoms. The average molecular weight is 423 g/mol. The first kappa shape index (κ1) is 20.5. The number of nitrogens with one attached hydrogen (secondary N) is 1. The Balaban J connectivity index is 1.43. The molecule has 4 rings (SSSR count). The highest BCUT2D eigenvalue weighted by Gasteiger charge is 2.16. The Morgan fingerprint density at radius 2 is 1.93 bits per heavy atom. The van der Waals surface area contributed by atoms with E-state index in [1.165, 1.54) is 19.3 Å². The van der Waals surface area contributed by atoms with Crippen LogP contribution in [0.3, 0.4) is 0 Å². The second kappa shape index (κ2) is 9.34. The van der Waals surface area contributed by atoms with Crippen molar-refractivity contribution in [2.75, 3.05) is 23.3 Å². The number of aromatic nitrogens is 2. The zero-order valence-electron chi connectivity index (χ0n) is 17.4. The number of hydrogen-bond donors (Lipinski definition) is 1. The molecule has 1 aliphatic rings. The third kappa shape index (κ3) is 4.67. The van der Waals surface area contributed by atoms with Crippen molar-refractivity contribution in [3.05, 3.63) is 65.2 Å². The van der Waals surface area contributed by atoms with Gasteiger partial charge < -0.3 is 14.7 Å². The summed E-state index contributed by atoms with van der Waals surface area (Å²) in [6.07, 6.45) is 5.59. The van der Waals surface area contributed by atoms with Gasteiger partial charge in [-0.15, -0.1) is 11.8 Å². The summed E-state index contributed by atoms with van der Waals surface area (Å²) in [5, 5.41) is 6.94.